The molecule has 0 aromatic heterocycles. The Morgan fingerprint density at radius 2 is 2.32 bits per heavy atom. The van der Waals surface area contributed by atoms with Crippen LogP contribution in [0.15, 0.2) is 18.2 Å². The van der Waals surface area contributed by atoms with Crippen molar-refractivity contribution in [2.24, 2.45) is 0 Å². The molecule has 0 aliphatic heterocycles. The Balaban J connectivity index is 3.04. The minimum atomic E-state index is -1.02. The molecule has 1 unspecified atom stereocenters. The van der Waals surface area contributed by atoms with Gasteiger partial charge in [0.2, 0.25) is 0 Å². The maximum Gasteiger partial charge on any atom is 0.326 e. The molecule has 7 heteroatoms. The van der Waals surface area contributed by atoms with Gasteiger partial charge >= 0.3 is 5.97 Å². The van der Waals surface area contributed by atoms with Crippen LogP contribution in [0.1, 0.15) is 25.3 Å². The van der Waals surface area contributed by atoms with Gasteiger partial charge in [-0.15, -0.1) is 0 Å². The lowest BCUT2D eigenvalue weighted by atomic mass is 10.1. The summed E-state index contributed by atoms with van der Waals surface area (Å²) in [5, 5.41) is 31.3. The molecule has 0 fully saturated rings. The molecule has 0 bridgehead atoms. The highest BCUT2D eigenvalue weighted by atomic mass is 16.6. The second kappa shape index (κ2) is 6.35. The van der Waals surface area contributed by atoms with Gasteiger partial charge in [-0.25, -0.2) is 4.79 Å². The number of nitrogens with one attached hydrogen (secondary N) is 1. The summed E-state index contributed by atoms with van der Waals surface area (Å²) in [6, 6.07) is 4.69. The summed E-state index contributed by atoms with van der Waals surface area (Å²) >= 11 is 0. The van der Waals surface area contributed by atoms with Gasteiger partial charge in [-0.1, -0.05) is 13.3 Å². The molecule has 1 rings (SSSR count). The Hall–Kier alpha value is -2.62. The Kier molecular flexibility index (Phi) is 4.83. The van der Waals surface area contributed by atoms with Crippen LogP contribution in [0, 0.1) is 21.4 Å². The van der Waals surface area contributed by atoms with E-state index in [1.807, 2.05) is 13.0 Å². The topological polar surface area (TPSA) is 116 Å². The normalized spacial score (nSPS) is 11.4. The predicted octanol–water partition coefficient (Wildman–Crippen LogP) is 2.13. The first-order chi connectivity index (χ1) is 8.99. The first-order valence-electron chi connectivity index (χ1n) is 5.67. The van der Waals surface area contributed by atoms with E-state index in [1.165, 1.54) is 12.1 Å². The SMILES string of the molecule is CCCC(Nc1ccc([N+](=O)[O-])cc1C#N)C(=O)O. The number of nitriles is 1. The number of nitro groups is 1. The van der Waals surface area contributed by atoms with Crippen molar-refractivity contribution in [1.29, 1.82) is 5.26 Å². The number of nitro benzene ring substituents is 1. The minimum absolute atomic E-state index is 0.0524. The number of carboxylic acid groups (broad SMARTS) is 1. The fourth-order valence-corrected chi connectivity index (χ4v) is 1.60. The Morgan fingerprint density at radius 3 is 2.79 bits per heavy atom. The van der Waals surface area contributed by atoms with Crippen molar-refractivity contribution in [3.05, 3.63) is 33.9 Å². The van der Waals surface area contributed by atoms with E-state index in [0.717, 1.165) is 6.07 Å². The van der Waals surface area contributed by atoms with Crippen LogP contribution < -0.4 is 5.32 Å². The van der Waals surface area contributed by atoms with Gasteiger partial charge in [0.05, 0.1) is 16.2 Å². The molecular formula is C12H13N3O4. The maximum absolute atomic E-state index is 11.0. The fourth-order valence-electron chi connectivity index (χ4n) is 1.60. The molecule has 0 aliphatic carbocycles. The molecule has 100 valence electrons. The number of carbonyl (C=O) groups is 1. The lowest BCUT2D eigenvalue weighted by molar-refractivity contribution is -0.384. The van der Waals surface area contributed by atoms with Crippen LogP contribution >= 0.6 is 0 Å². The average molecular weight is 263 g/mol. The van der Waals surface area contributed by atoms with Gasteiger partial charge in [0.25, 0.3) is 5.69 Å². The first kappa shape index (κ1) is 14.4. The quantitative estimate of drug-likeness (QED) is 0.599. The summed E-state index contributed by atoms with van der Waals surface area (Å²) in [6.07, 6.45) is 1.07. The molecule has 7 nitrogen and oxygen atoms in total. The number of carboxylic acids is 1. The van der Waals surface area contributed by atoms with Crippen LogP contribution in [0.2, 0.25) is 0 Å². The third-order valence-electron chi connectivity index (χ3n) is 2.54. The highest BCUT2D eigenvalue weighted by Crippen LogP contribution is 2.22. The third kappa shape index (κ3) is 3.67. The zero-order valence-corrected chi connectivity index (χ0v) is 10.3. The van der Waals surface area contributed by atoms with E-state index in [1.54, 1.807) is 0 Å². The van der Waals surface area contributed by atoms with Gasteiger partial charge < -0.3 is 10.4 Å². The van der Waals surface area contributed by atoms with Crippen molar-refractivity contribution < 1.29 is 14.8 Å². The number of anilines is 1. The number of hydrogen-bond donors (Lipinski definition) is 2. The fraction of sp³-hybridized carbons (Fsp3) is 0.333. The van der Waals surface area contributed by atoms with Crippen LogP contribution in [-0.4, -0.2) is 22.0 Å². The molecule has 0 saturated heterocycles. The minimum Gasteiger partial charge on any atom is -0.480 e. The molecule has 1 aromatic carbocycles. The molecule has 0 radical (unpaired) electrons. The number of hydrogen-bond acceptors (Lipinski definition) is 5. The lowest BCUT2D eigenvalue weighted by Crippen LogP contribution is -2.29. The van der Waals surface area contributed by atoms with Crippen molar-refractivity contribution in [3.63, 3.8) is 0 Å². The molecule has 0 heterocycles. The molecule has 0 saturated carbocycles. The van der Waals surface area contributed by atoms with Gasteiger partial charge in [-0.2, -0.15) is 5.26 Å². The standard InChI is InChI=1S/C12H13N3O4/c1-2-3-11(12(16)17)14-10-5-4-9(15(18)19)6-8(10)7-13/h4-6,11,14H,2-3H2,1H3,(H,16,17). The second-order valence-corrected chi connectivity index (χ2v) is 3.92. The summed E-state index contributed by atoms with van der Waals surface area (Å²) in [6.45, 7) is 1.85. The van der Waals surface area contributed by atoms with E-state index >= 15 is 0 Å². The molecule has 2 N–H and O–H groups in total. The third-order valence-corrected chi connectivity index (χ3v) is 2.54. The van der Waals surface area contributed by atoms with E-state index < -0.39 is 16.9 Å². The number of nitrogens with zero attached hydrogens (tertiary/aromatic N) is 2. The van der Waals surface area contributed by atoms with Crippen molar-refractivity contribution >= 4 is 17.3 Å². The zero-order valence-electron chi connectivity index (χ0n) is 10.3. The van der Waals surface area contributed by atoms with Gasteiger partial charge in [0.1, 0.15) is 12.1 Å². The van der Waals surface area contributed by atoms with Crippen molar-refractivity contribution in [2.75, 3.05) is 5.32 Å². The number of non-ortho nitro benzene ring substituents is 1. The van der Waals surface area contributed by atoms with Crippen LogP contribution in [0.5, 0.6) is 0 Å². The summed E-state index contributed by atoms with van der Waals surface area (Å²) in [5.74, 6) is -1.02. The second-order valence-electron chi connectivity index (χ2n) is 3.92. The van der Waals surface area contributed by atoms with Gasteiger partial charge in [0.15, 0.2) is 0 Å². The van der Waals surface area contributed by atoms with Crippen molar-refractivity contribution in [3.8, 4) is 6.07 Å². The van der Waals surface area contributed by atoms with Gasteiger partial charge in [-0.05, 0) is 12.5 Å². The average Bonchev–Trinajstić information content (AvgIpc) is 2.38. The van der Waals surface area contributed by atoms with E-state index in [4.69, 9.17) is 10.4 Å². The molecule has 1 aromatic rings. The van der Waals surface area contributed by atoms with Gasteiger partial charge in [0, 0.05) is 12.1 Å². The summed E-state index contributed by atoms with van der Waals surface area (Å²) in [5.41, 5.74) is 0.134. The number of benzene rings is 1. The largest absolute Gasteiger partial charge is 0.480 e. The molecule has 19 heavy (non-hydrogen) atoms. The highest BCUT2D eigenvalue weighted by Gasteiger charge is 2.18. The predicted molar refractivity (Wildman–Crippen MR) is 67.8 cm³/mol. The van der Waals surface area contributed by atoms with E-state index in [2.05, 4.69) is 5.32 Å². The monoisotopic (exact) mass is 263 g/mol. The van der Waals surface area contributed by atoms with E-state index in [0.29, 0.717) is 12.8 Å². The summed E-state index contributed by atoms with van der Waals surface area (Å²) in [4.78, 5) is 21.0. The van der Waals surface area contributed by atoms with Crippen LogP contribution in [0.25, 0.3) is 0 Å². The molecule has 0 aliphatic rings. The number of rotatable bonds is 6. The molecule has 0 amide bonds. The highest BCUT2D eigenvalue weighted by molar-refractivity contribution is 5.78. The van der Waals surface area contributed by atoms with E-state index in [-0.39, 0.29) is 16.9 Å². The summed E-state index contributed by atoms with van der Waals surface area (Å²) in [7, 11) is 0. The Labute approximate surface area is 109 Å². The Bertz CT molecular complexity index is 536. The molecule has 0 spiro atoms. The smallest absolute Gasteiger partial charge is 0.326 e. The lowest BCUT2D eigenvalue weighted by Gasteiger charge is -2.15. The number of aliphatic carboxylic acids is 1. The zero-order chi connectivity index (χ0) is 14.4. The molecular weight excluding hydrogens is 250 g/mol. The first-order valence-corrected chi connectivity index (χ1v) is 5.67. The van der Waals surface area contributed by atoms with Crippen LogP contribution in [0.3, 0.4) is 0 Å². The van der Waals surface area contributed by atoms with Crippen LogP contribution in [-0.2, 0) is 4.79 Å². The summed E-state index contributed by atoms with van der Waals surface area (Å²) < 4.78 is 0. The van der Waals surface area contributed by atoms with Gasteiger partial charge in [-0.3, -0.25) is 10.1 Å². The van der Waals surface area contributed by atoms with Crippen LogP contribution in [0.4, 0.5) is 11.4 Å². The van der Waals surface area contributed by atoms with Crippen molar-refractivity contribution in [1.82, 2.24) is 0 Å². The Morgan fingerprint density at radius 1 is 1.63 bits per heavy atom. The maximum atomic E-state index is 11.0. The molecule has 1 atom stereocenters. The van der Waals surface area contributed by atoms with Crippen molar-refractivity contribution in [2.45, 2.75) is 25.8 Å². The van der Waals surface area contributed by atoms with E-state index in [9.17, 15) is 14.9 Å².